The molecule has 0 heterocycles. The second-order valence-corrected chi connectivity index (χ2v) is 15.4. The molecule has 0 aliphatic rings. The van der Waals surface area contributed by atoms with Gasteiger partial charge in [0.15, 0.2) is 0 Å². The maximum absolute atomic E-state index is 5.20. The predicted octanol–water partition coefficient (Wildman–Crippen LogP) is 5.74. The van der Waals surface area contributed by atoms with Crippen molar-refractivity contribution in [2.24, 2.45) is 0 Å². The van der Waals surface area contributed by atoms with E-state index in [2.05, 4.69) is 62.3 Å². The van der Waals surface area contributed by atoms with Gasteiger partial charge in [0.05, 0.1) is 0 Å². The SMILES string of the molecule is CC(C)(C)[Si]([P-2])(C(C)(C)C)C(C)(C)C. The summed E-state index contributed by atoms with van der Waals surface area (Å²) in [5.41, 5.74) is 0. The van der Waals surface area contributed by atoms with Gasteiger partial charge >= 0.3 is 0 Å². The van der Waals surface area contributed by atoms with Gasteiger partial charge in [0.25, 0.3) is 0 Å². The van der Waals surface area contributed by atoms with Crippen LogP contribution in [0.4, 0.5) is 0 Å². The summed E-state index contributed by atoms with van der Waals surface area (Å²) in [5.74, 6) is 0. The van der Waals surface area contributed by atoms with E-state index in [0.29, 0.717) is 15.1 Å². The normalized spacial score (nSPS) is 15.9. The summed E-state index contributed by atoms with van der Waals surface area (Å²) in [5, 5.41) is 0.978. The molecule has 0 nitrogen and oxygen atoms in total. The van der Waals surface area contributed by atoms with E-state index in [0.717, 1.165) is 0 Å². The minimum atomic E-state index is -1.66. The van der Waals surface area contributed by atoms with E-state index in [1.807, 2.05) is 0 Å². The molecule has 0 fully saturated rings. The molecule has 0 aliphatic carbocycles. The Hall–Kier alpha value is 0.647. The van der Waals surface area contributed by atoms with Gasteiger partial charge in [-0.2, -0.15) is 0 Å². The van der Waals surface area contributed by atoms with Gasteiger partial charge in [0.1, 0.15) is 0 Å². The Bertz CT molecular complexity index is 164. The summed E-state index contributed by atoms with van der Waals surface area (Å²) >= 11 is 0. The summed E-state index contributed by atoms with van der Waals surface area (Å²) < 4.78 is 0. The fourth-order valence-corrected chi connectivity index (χ4v) is 10.1. The summed E-state index contributed by atoms with van der Waals surface area (Å²) in [7, 11) is 3.54. The van der Waals surface area contributed by atoms with Crippen LogP contribution in [0, 0.1) is 0 Å². The van der Waals surface area contributed by atoms with Gasteiger partial charge < -0.3 is 8.79 Å². The lowest BCUT2D eigenvalue weighted by molar-refractivity contribution is 0.559. The maximum Gasteiger partial charge on any atom is -0.0668 e. The van der Waals surface area contributed by atoms with E-state index in [-0.39, 0.29) is 0 Å². The predicted molar refractivity (Wildman–Crippen MR) is 71.8 cm³/mol. The van der Waals surface area contributed by atoms with E-state index >= 15 is 0 Å². The lowest BCUT2D eigenvalue weighted by Gasteiger charge is -2.83. The molecular weight excluding hydrogens is 203 g/mol. The number of rotatable bonds is 0. The molecule has 0 aromatic carbocycles. The quantitative estimate of drug-likeness (QED) is 0.367. The van der Waals surface area contributed by atoms with Crippen molar-refractivity contribution in [1.82, 2.24) is 0 Å². The summed E-state index contributed by atoms with van der Waals surface area (Å²) in [6, 6.07) is 0. The van der Waals surface area contributed by atoms with E-state index in [1.165, 1.54) is 0 Å². The second kappa shape index (κ2) is 3.59. The molecule has 0 amide bonds. The van der Waals surface area contributed by atoms with Crippen molar-refractivity contribution in [2.75, 3.05) is 0 Å². The molecule has 0 aromatic heterocycles. The Balaban J connectivity index is 5.54. The molecule has 0 saturated carbocycles. The summed E-state index contributed by atoms with van der Waals surface area (Å²) in [6.07, 6.45) is 0. The monoisotopic (exact) mass is 230 g/mol. The van der Waals surface area contributed by atoms with E-state index in [4.69, 9.17) is 8.79 Å². The highest BCUT2D eigenvalue weighted by molar-refractivity contribution is 7.71. The van der Waals surface area contributed by atoms with Crippen LogP contribution in [0.15, 0.2) is 0 Å². The first-order valence-corrected chi connectivity index (χ1v) is 8.76. The van der Waals surface area contributed by atoms with Crippen molar-refractivity contribution in [3.05, 3.63) is 0 Å². The topological polar surface area (TPSA) is 0 Å². The van der Waals surface area contributed by atoms with E-state index < -0.39 is 7.74 Å². The van der Waals surface area contributed by atoms with Crippen LogP contribution in [-0.2, 0) is 0 Å². The minimum Gasteiger partial charge on any atom is -1.48 e. The molecule has 0 bridgehead atoms. The van der Waals surface area contributed by atoms with Crippen molar-refractivity contribution in [3.8, 4) is 0 Å². The molecule has 0 rings (SSSR count). The smallest absolute Gasteiger partial charge is 0.0668 e. The molecule has 2 heteroatoms. The fourth-order valence-electron chi connectivity index (χ4n) is 3.38. The third-order valence-corrected chi connectivity index (χ3v) is 15.8. The second-order valence-electron chi connectivity index (χ2n) is 7.46. The van der Waals surface area contributed by atoms with Crippen LogP contribution in [-0.4, -0.2) is 7.74 Å². The van der Waals surface area contributed by atoms with Crippen molar-refractivity contribution in [2.45, 2.75) is 77.4 Å². The van der Waals surface area contributed by atoms with Gasteiger partial charge in [-0.05, 0) is 0 Å². The fraction of sp³-hybridized carbons (Fsp3) is 1.00. The Morgan fingerprint density at radius 1 is 0.571 bits per heavy atom. The molecule has 14 heavy (non-hydrogen) atoms. The van der Waals surface area contributed by atoms with Gasteiger partial charge in [-0.15, -0.1) is 0 Å². The minimum absolute atomic E-state index is 0.326. The largest absolute Gasteiger partial charge is 1.48 e. The Kier molecular flexibility index (Phi) is 3.76. The molecule has 0 unspecified atom stereocenters. The van der Waals surface area contributed by atoms with Gasteiger partial charge in [-0.3, -0.25) is 7.74 Å². The lowest BCUT2D eigenvalue weighted by atomic mass is 10.2. The number of hydrogen-bond acceptors (Lipinski definition) is 0. The molecule has 0 aliphatic heterocycles. The standard InChI is InChI=1S/C12H27PSi/c1-10(2,3)14(13,11(4,5)6)12(7,8)9/h1-9H3/q-2. The van der Waals surface area contributed by atoms with Gasteiger partial charge in [0.2, 0.25) is 0 Å². The highest BCUT2D eigenvalue weighted by Crippen LogP contribution is 2.65. The zero-order chi connectivity index (χ0) is 12.0. The van der Waals surface area contributed by atoms with Crippen LogP contribution in [0.5, 0.6) is 0 Å². The van der Waals surface area contributed by atoms with Crippen molar-refractivity contribution >= 4 is 16.5 Å². The Morgan fingerprint density at radius 3 is 0.714 bits per heavy atom. The van der Waals surface area contributed by atoms with Crippen molar-refractivity contribution in [3.63, 3.8) is 0 Å². The molecule has 86 valence electrons. The average molecular weight is 230 g/mol. The van der Waals surface area contributed by atoms with Gasteiger partial charge in [-0.25, -0.2) is 0 Å². The zero-order valence-electron chi connectivity index (χ0n) is 11.4. The third kappa shape index (κ3) is 2.24. The maximum atomic E-state index is 5.20. The molecule has 0 saturated heterocycles. The molecular formula is C12H27PSi-2. The summed E-state index contributed by atoms with van der Waals surface area (Å²) in [4.78, 5) is 0. The first-order chi connectivity index (χ1) is 5.75. The number of hydrogen-bond donors (Lipinski definition) is 0. The molecule has 0 spiro atoms. The van der Waals surface area contributed by atoms with Crippen LogP contribution in [0.2, 0.25) is 15.1 Å². The Labute approximate surface area is 94.3 Å². The van der Waals surface area contributed by atoms with Crippen LogP contribution in [0.1, 0.15) is 62.3 Å². The lowest BCUT2D eigenvalue weighted by Crippen LogP contribution is -2.53. The first-order valence-electron chi connectivity index (χ1n) is 5.47. The zero-order valence-corrected chi connectivity index (χ0v) is 13.3. The highest BCUT2D eigenvalue weighted by atomic mass is 31.3. The molecule has 0 N–H and O–H groups in total. The van der Waals surface area contributed by atoms with Gasteiger partial charge in [0, 0.05) is 0 Å². The van der Waals surface area contributed by atoms with Crippen molar-refractivity contribution in [1.29, 1.82) is 0 Å². The first kappa shape index (κ1) is 14.6. The summed E-state index contributed by atoms with van der Waals surface area (Å²) in [6.45, 7) is 21.1. The Morgan fingerprint density at radius 2 is 0.714 bits per heavy atom. The van der Waals surface area contributed by atoms with E-state index in [9.17, 15) is 0 Å². The van der Waals surface area contributed by atoms with Crippen LogP contribution >= 0.6 is 8.79 Å². The molecule has 0 radical (unpaired) electrons. The third-order valence-electron chi connectivity index (χ3n) is 3.26. The highest BCUT2D eigenvalue weighted by Gasteiger charge is 2.39. The van der Waals surface area contributed by atoms with Crippen LogP contribution in [0.25, 0.3) is 0 Å². The van der Waals surface area contributed by atoms with Crippen molar-refractivity contribution < 1.29 is 0 Å². The van der Waals surface area contributed by atoms with Gasteiger partial charge in [-0.1, -0.05) is 77.4 Å². The molecule has 0 atom stereocenters. The van der Waals surface area contributed by atoms with E-state index in [1.54, 1.807) is 0 Å². The molecule has 0 aromatic rings. The average Bonchev–Trinajstić information content (AvgIpc) is 1.77. The van der Waals surface area contributed by atoms with Crippen LogP contribution < -0.4 is 0 Å². The van der Waals surface area contributed by atoms with Crippen LogP contribution in [0.3, 0.4) is 0 Å².